The van der Waals surface area contributed by atoms with Crippen LogP contribution >= 0.6 is 11.3 Å². The molecular weight excluding hydrogens is 446 g/mol. The Labute approximate surface area is 206 Å². The van der Waals surface area contributed by atoms with Crippen molar-refractivity contribution in [3.63, 3.8) is 0 Å². The predicted molar refractivity (Wildman–Crippen MR) is 147 cm³/mol. The number of nitrogens with zero attached hydrogens (tertiary/aromatic N) is 3. The van der Waals surface area contributed by atoms with Crippen LogP contribution in [0.3, 0.4) is 0 Å². The summed E-state index contributed by atoms with van der Waals surface area (Å²) >= 11 is 1.84. The number of hydrogen-bond donors (Lipinski definition) is 0. The Bertz CT molecular complexity index is 1780. The molecule has 0 N–H and O–H groups in total. The maximum Gasteiger partial charge on any atom is 0.164 e. The number of aromatic nitrogens is 3. The van der Waals surface area contributed by atoms with E-state index in [0.29, 0.717) is 17.5 Å². The van der Waals surface area contributed by atoms with E-state index in [1.54, 1.807) is 0 Å². The van der Waals surface area contributed by atoms with Gasteiger partial charge in [0.1, 0.15) is 0 Å². The summed E-state index contributed by atoms with van der Waals surface area (Å²) in [7, 11) is 0. The van der Waals surface area contributed by atoms with E-state index in [1.165, 1.54) is 30.9 Å². The van der Waals surface area contributed by atoms with Crippen LogP contribution in [0.4, 0.5) is 0 Å². The molecule has 0 fully saturated rings. The van der Waals surface area contributed by atoms with Gasteiger partial charge in [0.05, 0.1) is 0 Å². The monoisotopic (exact) mass is 465 g/mol. The zero-order chi connectivity index (χ0) is 23.2. The molecule has 35 heavy (non-hydrogen) atoms. The highest BCUT2D eigenvalue weighted by Gasteiger charge is 2.14. The maximum absolute atomic E-state index is 4.91. The van der Waals surface area contributed by atoms with E-state index < -0.39 is 0 Å². The van der Waals surface area contributed by atoms with E-state index >= 15 is 0 Å². The molecule has 164 valence electrons. The van der Waals surface area contributed by atoms with Gasteiger partial charge in [-0.3, -0.25) is 0 Å². The van der Waals surface area contributed by atoms with Gasteiger partial charge in [-0.1, -0.05) is 103 Å². The van der Waals surface area contributed by atoms with Crippen LogP contribution in [0.5, 0.6) is 0 Å². The van der Waals surface area contributed by atoms with Gasteiger partial charge in [-0.2, -0.15) is 0 Å². The fourth-order valence-corrected chi connectivity index (χ4v) is 5.81. The van der Waals surface area contributed by atoms with Crippen LogP contribution in [0.15, 0.2) is 115 Å². The summed E-state index contributed by atoms with van der Waals surface area (Å²) < 4.78 is 2.60. The summed E-state index contributed by atoms with van der Waals surface area (Å²) in [4.78, 5) is 14.6. The SMILES string of the molecule is c1ccc(-c2nc(-c3ccccc3)nc(-c3ccc4ccc5c6ccccc6sc5c4c3)n2)cc1. The summed E-state index contributed by atoms with van der Waals surface area (Å²) in [5.74, 6) is 2.03. The number of thiophene rings is 1. The van der Waals surface area contributed by atoms with Crippen molar-refractivity contribution in [2.24, 2.45) is 0 Å². The van der Waals surface area contributed by atoms with E-state index in [-0.39, 0.29) is 0 Å². The van der Waals surface area contributed by atoms with Crippen LogP contribution in [0, 0.1) is 0 Å². The van der Waals surface area contributed by atoms with Crippen LogP contribution in [-0.2, 0) is 0 Å². The standard InChI is InChI=1S/C31H19N3S/c1-3-9-21(10-4-1)29-32-30(22-11-5-2-6-12-22)34-31(33-29)23-16-15-20-17-18-25-24-13-7-8-14-27(24)35-28(25)26(20)19-23/h1-19H. The third-order valence-electron chi connectivity index (χ3n) is 6.32. The minimum absolute atomic E-state index is 0.676. The first-order valence-corrected chi connectivity index (χ1v) is 12.4. The molecule has 0 saturated heterocycles. The molecule has 0 unspecified atom stereocenters. The molecule has 7 aromatic rings. The van der Waals surface area contributed by atoms with Crippen molar-refractivity contribution >= 4 is 42.3 Å². The fourth-order valence-electron chi connectivity index (χ4n) is 4.58. The van der Waals surface area contributed by atoms with Gasteiger partial charge in [-0.25, -0.2) is 15.0 Å². The second kappa shape index (κ2) is 8.12. The van der Waals surface area contributed by atoms with Crippen LogP contribution in [0.1, 0.15) is 0 Å². The van der Waals surface area contributed by atoms with Crippen molar-refractivity contribution in [3.8, 4) is 34.2 Å². The summed E-state index contributed by atoms with van der Waals surface area (Å²) in [5.41, 5.74) is 2.93. The van der Waals surface area contributed by atoms with Gasteiger partial charge in [0.15, 0.2) is 17.5 Å². The Morgan fingerprint density at radius 1 is 0.429 bits per heavy atom. The van der Waals surface area contributed by atoms with Crippen LogP contribution < -0.4 is 0 Å². The lowest BCUT2D eigenvalue weighted by Gasteiger charge is -2.09. The van der Waals surface area contributed by atoms with Gasteiger partial charge < -0.3 is 0 Å². The Balaban J connectivity index is 1.47. The Morgan fingerprint density at radius 2 is 1.00 bits per heavy atom. The molecule has 0 saturated carbocycles. The molecule has 4 heteroatoms. The average Bonchev–Trinajstić information content (AvgIpc) is 3.33. The molecule has 0 amide bonds. The topological polar surface area (TPSA) is 38.7 Å². The molecule has 0 bridgehead atoms. The minimum atomic E-state index is 0.676. The van der Waals surface area contributed by atoms with Gasteiger partial charge in [-0.05, 0) is 17.5 Å². The Hall–Kier alpha value is -4.41. The van der Waals surface area contributed by atoms with E-state index in [4.69, 9.17) is 15.0 Å². The third-order valence-corrected chi connectivity index (χ3v) is 7.54. The van der Waals surface area contributed by atoms with E-state index in [0.717, 1.165) is 16.7 Å². The lowest BCUT2D eigenvalue weighted by Crippen LogP contribution is -2.00. The largest absolute Gasteiger partial charge is 0.208 e. The second-order valence-electron chi connectivity index (χ2n) is 8.51. The van der Waals surface area contributed by atoms with Gasteiger partial charge in [0, 0.05) is 42.2 Å². The number of rotatable bonds is 3. The van der Waals surface area contributed by atoms with E-state index in [1.807, 2.05) is 72.0 Å². The highest BCUT2D eigenvalue weighted by Crippen LogP contribution is 2.39. The van der Waals surface area contributed by atoms with Crippen molar-refractivity contribution < 1.29 is 0 Å². The summed E-state index contributed by atoms with van der Waals surface area (Å²) in [6.45, 7) is 0. The molecule has 0 radical (unpaired) electrons. The Morgan fingerprint density at radius 3 is 1.69 bits per heavy atom. The van der Waals surface area contributed by atoms with Gasteiger partial charge >= 0.3 is 0 Å². The molecule has 0 spiro atoms. The molecule has 0 atom stereocenters. The first-order chi connectivity index (χ1) is 17.3. The van der Waals surface area contributed by atoms with Crippen LogP contribution in [-0.4, -0.2) is 15.0 Å². The Kier molecular flexibility index (Phi) is 4.64. The average molecular weight is 466 g/mol. The molecule has 3 nitrogen and oxygen atoms in total. The smallest absolute Gasteiger partial charge is 0.164 e. The lowest BCUT2D eigenvalue weighted by atomic mass is 10.0. The van der Waals surface area contributed by atoms with Crippen molar-refractivity contribution in [1.82, 2.24) is 15.0 Å². The molecule has 7 rings (SSSR count). The van der Waals surface area contributed by atoms with Gasteiger partial charge in [0.25, 0.3) is 0 Å². The number of fused-ring (bicyclic) bond motifs is 5. The van der Waals surface area contributed by atoms with E-state index in [9.17, 15) is 0 Å². The predicted octanol–water partition coefficient (Wildman–Crippen LogP) is 8.39. The lowest BCUT2D eigenvalue weighted by molar-refractivity contribution is 1.07. The normalized spacial score (nSPS) is 11.4. The van der Waals surface area contributed by atoms with Crippen molar-refractivity contribution in [3.05, 3.63) is 115 Å². The maximum atomic E-state index is 4.91. The molecule has 2 heterocycles. The van der Waals surface area contributed by atoms with Crippen LogP contribution in [0.2, 0.25) is 0 Å². The van der Waals surface area contributed by atoms with Crippen molar-refractivity contribution in [1.29, 1.82) is 0 Å². The molecule has 0 aliphatic rings. The summed E-state index contributed by atoms with van der Waals surface area (Å²) in [6, 6.07) is 39.7. The first kappa shape index (κ1) is 20.0. The molecular formula is C31H19N3S. The zero-order valence-electron chi connectivity index (χ0n) is 18.7. The molecule has 2 aromatic heterocycles. The molecule has 0 aliphatic carbocycles. The molecule has 5 aromatic carbocycles. The van der Waals surface area contributed by atoms with E-state index in [2.05, 4.69) is 54.6 Å². The second-order valence-corrected chi connectivity index (χ2v) is 9.57. The highest BCUT2D eigenvalue weighted by molar-refractivity contribution is 7.26. The van der Waals surface area contributed by atoms with Crippen molar-refractivity contribution in [2.45, 2.75) is 0 Å². The van der Waals surface area contributed by atoms with Gasteiger partial charge in [0.2, 0.25) is 0 Å². The fraction of sp³-hybridized carbons (Fsp3) is 0. The highest BCUT2D eigenvalue weighted by atomic mass is 32.1. The summed E-state index contributed by atoms with van der Waals surface area (Å²) in [6.07, 6.45) is 0. The third kappa shape index (κ3) is 3.47. The van der Waals surface area contributed by atoms with Crippen LogP contribution in [0.25, 0.3) is 65.1 Å². The van der Waals surface area contributed by atoms with Crippen molar-refractivity contribution in [2.75, 3.05) is 0 Å². The minimum Gasteiger partial charge on any atom is -0.208 e. The number of hydrogen-bond acceptors (Lipinski definition) is 4. The zero-order valence-corrected chi connectivity index (χ0v) is 19.5. The quantitative estimate of drug-likeness (QED) is 0.263. The number of benzene rings is 5. The summed E-state index contributed by atoms with van der Waals surface area (Å²) in [5, 5.41) is 5.04. The molecule has 0 aliphatic heterocycles. The van der Waals surface area contributed by atoms with Gasteiger partial charge in [-0.15, -0.1) is 11.3 Å². The first-order valence-electron chi connectivity index (χ1n) is 11.5.